The highest BCUT2D eigenvalue weighted by Gasteiger charge is 2.17. The molecule has 2 rings (SSSR count). The van der Waals surface area contributed by atoms with Gasteiger partial charge in [0.25, 0.3) is 10.0 Å². The Bertz CT molecular complexity index is 758. The fourth-order valence-electron chi connectivity index (χ4n) is 1.88. The molecule has 0 atom stereocenters. The molecule has 112 valence electrons. The van der Waals surface area contributed by atoms with Crippen molar-refractivity contribution in [1.82, 2.24) is 0 Å². The van der Waals surface area contributed by atoms with Gasteiger partial charge in [-0.15, -0.1) is 0 Å². The van der Waals surface area contributed by atoms with E-state index in [1.165, 1.54) is 0 Å². The Labute approximate surface area is 134 Å². The Balaban J connectivity index is 2.35. The summed E-state index contributed by atoms with van der Waals surface area (Å²) in [7, 11) is 0.195. The minimum Gasteiger partial charge on any atom is -0.378 e. The van der Waals surface area contributed by atoms with Crippen molar-refractivity contribution < 1.29 is 8.42 Å². The molecule has 2 aromatic carbocycles. The van der Waals surface area contributed by atoms with Crippen molar-refractivity contribution in [2.24, 2.45) is 0 Å². The molecule has 0 spiro atoms. The van der Waals surface area contributed by atoms with E-state index in [-0.39, 0.29) is 4.90 Å². The van der Waals surface area contributed by atoms with E-state index >= 15 is 0 Å². The number of nitrogens with one attached hydrogen (secondary N) is 1. The zero-order valence-electron chi connectivity index (χ0n) is 12.1. The van der Waals surface area contributed by atoms with Gasteiger partial charge in [-0.3, -0.25) is 4.72 Å². The third-order valence-electron chi connectivity index (χ3n) is 2.99. The normalized spacial score (nSPS) is 11.2. The maximum Gasteiger partial charge on any atom is 0.263 e. The molecule has 0 saturated carbocycles. The van der Waals surface area contributed by atoms with Crippen molar-refractivity contribution in [3.05, 3.63) is 52.5 Å². The zero-order valence-corrected chi connectivity index (χ0v) is 14.5. The predicted molar refractivity (Wildman–Crippen MR) is 90.5 cm³/mol. The molecule has 6 heteroatoms. The van der Waals surface area contributed by atoms with Crippen molar-refractivity contribution >= 4 is 37.3 Å². The number of aryl methyl sites for hydroxylation is 1. The van der Waals surface area contributed by atoms with Crippen LogP contribution in [0.4, 0.5) is 11.4 Å². The molecule has 0 radical (unpaired) electrons. The average molecular weight is 369 g/mol. The Hall–Kier alpha value is -1.53. The van der Waals surface area contributed by atoms with Crippen LogP contribution in [0.3, 0.4) is 0 Å². The van der Waals surface area contributed by atoms with Gasteiger partial charge in [0, 0.05) is 24.3 Å². The van der Waals surface area contributed by atoms with Gasteiger partial charge in [0.2, 0.25) is 0 Å². The topological polar surface area (TPSA) is 49.4 Å². The number of rotatable bonds is 4. The van der Waals surface area contributed by atoms with E-state index in [1.807, 2.05) is 38.1 Å². The van der Waals surface area contributed by atoms with Crippen LogP contribution in [0.15, 0.2) is 51.8 Å². The Morgan fingerprint density at radius 3 is 2.43 bits per heavy atom. The van der Waals surface area contributed by atoms with Crippen LogP contribution in [0.2, 0.25) is 0 Å². The summed E-state index contributed by atoms with van der Waals surface area (Å²) in [5, 5.41) is 0. The molecule has 0 heterocycles. The standard InChI is InChI=1S/C15H17BrN2O2S/c1-11-7-8-15(14(16)9-11)21(19,20)17-12-5-4-6-13(10-12)18(2)3/h4-10,17H,1-3H3. The second-order valence-corrected chi connectivity index (χ2v) is 7.49. The summed E-state index contributed by atoms with van der Waals surface area (Å²) in [6.45, 7) is 1.91. The first-order chi connectivity index (χ1) is 9.79. The lowest BCUT2D eigenvalue weighted by molar-refractivity contribution is 0.600. The zero-order chi connectivity index (χ0) is 15.6. The van der Waals surface area contributed by atoms with Gasteiger partial charge in [-0.2, -0.15) is 0 Å². The molecule has 21 heavy (non-hydrogen) atoms. The summed E-state index contributed by atoms with van der Waals surface area (Å²) in [5.74, 6) is 0. The van der Waals surface area contributed by atoms with Crippen molar-refractivity contribution in [3.8, 4) is 0 Å². The van der Waals surface area contributed by atoms with Crippen molar-refractivity contribution in [1.29, 1.82) is 0 Å². The molecule has 0 aromatic heterocycles. The third-order valence-corrected chi connectivity index (χ3v) is 5.35. The highest BCUT2D eigenvalue weighted by atomic mass is 79.9. The minimum absolute atomic E-state index is 0.225. The number of hydrogen-bond donors (Lipinski definition) is 1. The van der Waals surface area contributed by atoms with E-state index in [4.69, 9.17) is 0 Å². The van der Waals surface area contributed by atoms with Gasteiger partial charge >= 0.3 is 0 Å². The van der Waals surface area contributed by atoms with E-state index in [0.717, 1.165) is 11.3 Å². The van der Waals surface area contributed by atoms with Crippen LogP contribution in [0.25, 0.3) is 0 Å². The number of halogens is 1. The van der Waals surface area contributed by atoms with Crippen LogP contribution in [0.1, 0.15) is 5.56 Å². The lowest BCUT2D eigenvalue weighted by Gasteiger charge is -2.15. The molecule has 0 aliphatic heterocycles. The molecular formula is C15H17BrN2O2S. The van der Waals surface area contributed by atoms with E-state index in [9.17, 15) is 8.42 Å². The van der Waals surface area contributed by atoms with E-state index in [0.29, 0.717) is 10.2 Å². The minimum atomic E-state index is -3.62. The second-order valence-electron chi connectivity index (χ2n) is 4.98. The number of benzene rings is 2. The maximum absolute atomic E-state index is 12.5. The molecule has 2 aromatic rings. The molecular weight excluding hydrogens is 352 g/mol. The molecule has 4 nitrogen and oxygen atoms in total. The summed E-state index contributed by atoms with van der Waals surface area (Å²) >= 11 is 3.31. The predicted octanol–water partition coefficient (Wildman–Crippen LogP) is 3.62. The summed E-state index contributed by atoms with van der Waals surface area (Å²) in [5.41, 5.74) is 2.46. The lowest BCUT2D eigenvalue weighted by atomic mass is 10.2. The molecule has 0 fully saturated rings. The second kappa shape index (κ2) is 6.07. The van der Waals surface area contributed by atoms with Gasteiger partial charge < -0.3 is 4.90 Å². The van der Waals surface area contributed by atoms with E-state index < -0.39 is 10.0 Å². The Kier molecular flexibility index (Phi) is 4.58. The SMILES string of the molecule is Cc1ccc(S(=O)(=O)Nc2cccc(N(C)C)c2)c(Br)c1. The van der Waals surface area contributed by atoms with Crippen LogP contribution in [0.5, 0.6) is 0 Å². The highest BCUT2D eigenvalue weighted by molar-refractivity contribution is 9.10. The summed E-state index contributed by atoms with van der Waals surface area (Å²) < 4.78 is 28.1. The molecule has 0 aliphatic carbocycles. The third kappa shape index (κ3) is 3.77. The van der Waals surface area contributed by atoms with Crippen molar-refractivity contribution in [3.63, 3.8) is 0 Å². The monoisotopic (exact) mass is 368 g/mol. The number of sulfonamides is 1. The molecule has 1 N–H and O–H groups in total. The molecule has 0 bridgehead atoms. The molecule has 0 saturated heterocycles. The quantitative estimate of drug-likeness (QED) is 0.896. The average Bonchev–Trinajstić information content (AvgIpc) is 2.37. The smallest absolute Gasteiger partial charge is 0.263 e. The van der Waals surface area contributed by atoms with Gasteiger partial charge in [-0.25, -0.2) is 8.42 Å². The fraction of sp³-hybridized carbons (Fsp3) is 0.200. The highest BCUT2D eigenvalue weighted by Crippen LogP contribution is 2.26. The number of hydrogen-bond acceptors (Lipinski definition) is 3. The van der Waals surface area contributed by atoms with Crippen molar-refractivity contribution in [2.75, 3.05) is 23.7 Å². The van der Waals surface area contributed by atoms with E-state index in [2.05, 4.69) is 20.7 Å². The van der Waals surface area contributed by atoms with Crippen LogP contribution in [-0.2, 0) is 10.0 Å². The maximum atomic E-state index is 12.5. The van der Waals surface area contributed by atoms with Gasteiger partial charge in [0.05, 0.1) is 5.69 Å². The number of nitrogens with zero attached hydrogens (tertiary/aromatic N) is 1. The molecule has 0 aliphatic rings. The summed E-state index contributed by atoms with van der Waals surface area (Å²) in [4.78, 5) is 2.14. The van der Waals surface area contributed by atoms with Gasteiger partial charge in [-0.05, 0) is 58.7 Å². The fourth-order valence-corrected chi connectivity index (χ4v) is 4.12. The largest absolute Gasteiger partial charge is 0.378 e. The lowest BCUT2D eigenvalue weighted by Crippen LogP contribution is -2.14. The molecule has 0 amide bonds. The first kappa shape index (κ1) is 15.9. The Morgan fingerprint density at radius 2 is 1.81 bits per heavy atom. The van der Waals surface area contributed by atoms with Gasteiger partial charge in [0.1, 0.15) is 4.90 Å². The van der Waals surface area contributed by atoms with Crippen molar-refractivity contribution in [2.45, 2.75) is 11.8 Å². The molecule has 0 unspecified atom stereocenters. The van der Waals surface area contributed by atoms with Crippen LogP contribution in [-0.4, -0.2) is 22.5 Å². The summed E-state index contributed by atoms with van der Waals surface area (Å²) in [6.07, 6.45) is 0. The Morgan fingerprint density at radius 1 is 1.10 bits per heavy atom. The first-order valence-electron chi connectivity index (χ1n) is 6.36. The van der Waals surface area contributed by atoms with Gasteiger partial charge in [0.15, 0.2) is 0 Å². The van der Waals surface area contributed by atoms with E-state index in [1.54, 1.807) is 30.3 Å². The van der Waals surface area contributed by atoms with Crippen LogP contribution < -0.4 is 9.62 Å². The van der Waals surface area contributed by atoms with Gasteiger partial charge in [-0.1, -0.05) is 12.1 Å². The first-order valence-corrected chi connectivity index (χ1v) is 8.63. The number of anilines is 2. The van der Waals surface area contributed by atoms with Crippen LogP contribution >= 0.6 is 15.9 Å². The summed E-state index contributed by atoms with van der Waals surface area (Å²) in [6, 6.07) is 12.4. The van der Waals surface area contributed by atoms with Crippen LogP contribution in [0, 0.1) is 6.92 Å².